The molecule has 0 saturated heterocycles. The van der Waals surface area contributed by atoms with E-state index < -0.39 is 22.6 Å². The Balaban J connectivity index is 1.51. The van der Waals surface area contributed by atoms with E-state index in [0.717, 1.165) is 4.90 Å². The van der Waals surface area contributed by atoms with Crippen LogP contribution in [0.15, 0.2) is 95.9 Å². The average molecular weight is 532 g/mol. The van der Waals surface area contributed by atoms with Gasteiger partial charge in [-0.25, -0.2) is 9.18 Å². The number of hydrogen-bond acceptors (Lipinski definition) is 6. The number of halogens is 1. The van der Waals surface area contributed by atoms with Crippen LogP contribution in [0.3, 0.4) is 0 Å². The van der Waals surface area contributed by atoms with Crippen molar-refractivity contribution < 1.29 is 24.0 Å². The lowest BCUT2D eigenvalue weighted by Gasteiger charge is -2.12. The molecule has 0 unspecified atom stereocenters. The highest BCUT2D eigenvalue weighted by Gasteiger charge is 2.20. The summed E-state index contributed by atoms with van der Waals surface area (Å²) >= 11 is 1.61. The fourth-order valence-electron chi connectivity index (χ4n) is 3.72. The number of carboxylic acid groups (broad SMARTS) is 1. The van der Waals surface area contributed by atoms with E-state index in [9.17, 15) is 29.2 Å². The first-order valence-corrected chi connectivity index (χ1v) is 12.4. The zero-order valence-corrected chi connectivity index (χ0v) is 20.7. The third kappa shape index (κ3) is 6.54. The maximum absolute atomic E-state index is 13.3. The van der Waals surface area contributed by atoms with Gasteiger partial charge in [0.2, 0.25) is 0 Å². The Morgan fingerprint density at radius 3 is 2.29 bits per heavy atom. The largest absolute Gasteiger partial charge is 0.478 e. The molecule has 4 aromatic carbocycles. The maximum Gasteiger partial charge on any atom is 0.336 e. The number of nitrogens with zero attached hydrogens (tertiary/aromatic N) is 1. The van der Waals surface area contributed by atoms with Gasteiger partial charge < -0.3 is 15.7 Å². The first-order valence-electron chi connectivity index (χ1n) is 11.5. The van der Waals surface area contributed by atoms with E-state index in [-0.39, 0.29) is 22.5 Å². The highest BCUT2D eigenvalue weighted by Crippen LogP contribution is 2.29. The van der Waals surface area contributed by atoms with Crippen LogP contribution in [0.25, 0.3) is 11.1 Å². The fourth-order valence-corrected chi connectivity index (χ4v) is 4.51. The Morgan fingerprint density at radius 1 is 0.895 bits per heavy atom. The summed E-state index contributed by atoms with van der Waals surface area (Å²) in [5, 5.41) is 26.9. The second kappa shape index (κ2) is 12.0. The Bertz CT molecular complexity index is 1480. The second-order valence-corrected chi connectivity index (χ2v) is 9.27. The lowest BCUT2D eigenvalue weighted by molar-refractivity contribution is -0.383. The predicted octanol–water partition coefficient (Wildman–Crippen LogP) is 6.56. The van der Waals surface area contributed by atoms with Gasteiger partial charge >= 0.3 is 5.97 Å². The van der Waals surface area contributed by atoms with Crippen LogP contribution in [0.5, 0.6) is 0 Å². The number of carbonyl (C=O) groups is 2. The molecule has 192 valence electrons. The molecule has 0 spiro atoms. The minimum atomic E-state index is -1.31. The molecule has 0 bridgehead atoms. The zero-order valence-electron chi connectivity index (χ0n) is 19.9. The molecule has 0 radical (unpaired) electrons. The number of aromatic carboxylic acids is 1. The van der Waals surface area contributed by atoms with Crippen LogP contribution >= 0.6 is 11.8 Å². The van der Waals surface area contributed by atoms with Gasteiger partial charge in [0.15, 0.2) is 0 Å². The molecule has 0 aliphatic heterocycles. The van der Waals surface area contributed by atoms with Crippen LogP contribution in [0.1, 0.15) is 20.7 Å². The van der Waals surface area contributed by atoms with Crippen LogP contribution in [-0.2, 0) is 0 Å². The molecule has 0 heterocycles. The Kier molecular flexibility index (Phi) is 8.34. The highest BCUT2D eigenvalue weighted by molar-refractivity contribution is 7.99. The summed E-state index contributed by atoms with van der Waals surface area (Å²) in [6.45, 7) is 0.476. The lowest BCUT2D eigenvalue weighted by atomic mass is 9.98. The van der Waals surface area contributed by atoms with E-state index in [1.165, 1.54) is 60.7 Å². The van der Waals surface area contributed by atoms with Crippen LogP contribution in [0, 0.1) is 15.9 Å². The molecular weight excluding hydrogens is 509 g/mol. The van der Waals surface area contributed by atoms with Gasteiger partial charge in [-0.15, -0.1) is 11.8 Å². The normalized spacial score (nSPS) is 10.6. The second-order valence-electron chi connectivity index (χ2n) is 8.10. The van der Waals surface area contributed by atoms with Gasteiger partial charge in [0.05, 0.1) is 16.1 Å². The van der Waals surface area contributed by atoms with Crippen molar-refractivity contribution in [3.05, 3.63) is 118 Å². The Hall–Kier alpha value is -4.70. The van der Waals surface area contributed by atoms with Gasteiger partial charge in [0.1, 0.15) is 11.5 Å². The molecular formula is C28H22FN3O5S. The minimum absolute atomic E-state index is 0.134. The molecule has 0 aromatic heterocycles. The lowest BCUT2D eigenvalue weighted by Crippen LogP contribution is -2.17. The Morgan fingerprint density at radius 2 is 1.61 bits per heavy atom. The van der Waals surface area contributed by atoms with Crippen LogP contribution < -0.4 is 10.6 Å². The first-order chi connectivity index (χ1) is 18.3. The minimum Gasteiger partial charge on any atom is -0.478 e. The van der Waals surface area contributed by atoms with Gasteiger partial charge in [-0.3, -0.25) is 14.9 Å². The maximum atomic E-state index is 13.3. The first kappa shape index (κ1) is 26.4. The number of nitro benzene ring substituents is 1. The molecule has 4 aromatic rings. The van der Waals surface area contributed by atoms with Crippen molar-refractivity contribution in [1.82, 2.24) is 0 Å². The summed E-state index contributed by atoms with van der Waals surface area (Å²) < 4.78 is 13.3. The average Bonchev–Trinajstić information content (AvgIpc) is 2.92. The van der Waals surface area contributed by atoms with Crippen LogP contribution in [0.2, 0.25) is 0 Å². The van der Waals surface area contributed by atoms with Crippen molar-refractivity contribution >= 4 is 40.7 Å². The van der Waals surface area contributed by atoms with E-state index >= 15 is 0 Å². The Labute approximate surface area is 221 Å². The summed E-state index contributed by atoms with van der Waals surface area (Å²) in [6, 6.07) is 23.7. The van der Waals surface area contributed by atoms with Gasteiger partial charge in [-0.05, 0) is 59.7 Å². The smallest absolute Gasteiger partial charge is 0.336 e. The van der Waals surface area contributed by atoms with Crippen molar-refractivity contribution in [1.29, 1.82) is 0 Å². The van der Waals surface area contributed by atoms with Gasteiger partial charge in [0.25, 0.3) is 11.6 Å². The monoisotopic (exact) mass is 531 g/mol. The highest BCUT2D eigenvalue weighted by atomic mass is 32.2. The number of nitrogens with one attached hydrogen (secondary N) is 2. The summed E-state index contributed by atoms with van der Waals surface area (Å²) in [6.07, 6.45) is 0. The van der Waals surface area contributed by atoms with E-state index in [1.807, 2.05) is 30.3 Å². The van der Waals surface area contributed by atoms with Crippen LogP contribution in [-0.4, -0.2) is 34.2 Å². The summed E-state index contributed by atoms with van der Waals surface area (Å²) in [7, 11) is 0. The van der Waals surface area contributed by atoms with E-state index in [4.69, 9.17) is 0 Å². The fraction of sp³-hybridized carbons (Fsp3) is 0.0714. The van der Waals surface area contributed by atoms with E-state index in [1.54, 1.807) is 11.8 Å². The van der Waals surface area contributed by atoms with Gasteiger partial charge in [-0.1, -0.05) is 36.4 Å². The van der Waals surface area contributed by atoms with Crippen molar-refractivity contribution in [3.8, 4) is 11.1 Å². The molecule has 0 atom stereocenters. The summed E-state index contributed by atoms with van der Waals surface area (Å²) in [4.78, 5) is 37.0. The number of thioether (sulfide) groups is 1. The zero-order chi connectivity index (χ0) is 27.1. The molecule has 0 fully saturated rings. The number of nitro groups is 1. The molecule has 8 nitrogen and oxygen atoms in total. The molecule has 4 rings (SSSR count). The summed E-state index contributed by atoms with van der Waals surface area (Å²) in [5.74, 6) is -1.80. The molecule has 10 heteroatoms. The topological polar surface area (TPSA) is 122 Å². The van der Waals surface area contributed by atoms with Crippen molar-refractivity contribution in [2.75, 3.05) is 22.9 Å². The quantitative estimate of drug-likeness (QED) is 0.0917. The standard InChI is InChI=1S/C28H22FN3O5S/c29-20-9-6-18(7-10-20)19-8-12-23(28(34)35)24(16-19)27(33)31-21-11-13-25(26(17-21)32(36)37)30-14-15-38-22-4-2-1-3-5-22/h1-13,16-17,30H,14-15H2,(H,31,33)(H,34,35). The number of amides is 1. The van der Waals surface area contributed by atoms with E-state index in [2.05, 4.69) is 10.6 Å². The van der Waals surface area contributed by atoms with Crippen molar-refractivity contribution in [2.45, 2.75) is 4.90 Å². The molecule has 0 aliphatic rings. The third-order valence-corrected chi connectivity index (χ3v) is 6.57. The van der Waals surface area contributed by atoms with Gasteiger partial charge in [-0.2, -0.15) is 0 Å². The van der Waals surface area contributed by atoms with Gasteiger partial charge in [0, 0.05) is 28.9 Å². The molecule has 1 amide bonds. The molecule has 0 aliphatic carbocycles. The third-order valence-electron chi connectivity index (χ3n) is 5.55. The number of benzene rings is 4. The van der Waals surface area contributed by atoms with Crippen LogP contribution in [0.4, 0.5) is 21.5 Å². The number of rotatable bonds is 10. The number of hydrogen-bond donors (Lipinski definition) is 3. The summed E-state index contributed by atoms with van der Waals surface area (Å²) in [5.41, 5.74) is 0.929. The van der Waals surface area contributed by atoms with Crippen molar-refractivity contribution in [2.24, 2.45) is 0 Å². The number of carboxylic acids is 1. The molecule has 3 N–H and O–H groups in total. The van der Waals surface area contributed by atoms with Crippen molar-refractivity contribution in [3.63, 3.8) is 0 Å². The SMILES string of the molecule is O=C(O)c1ccc(-c2ccc(F)cc2)cc1C(=O)Nc1ccc(NCCSc2ccccc2)c([N+](=O)[O-])c1. The molecule has 38 heavy (non-hydrogen) atoms. The molecule has 0 saturated carbocycles. The number of anilines is 2. The van der Waals surface area contributed by atoms with E-state index in [0.29, 0.717) is 29.1 Å². The predicted molar refractivity (Wildman–Crippen MR) is 146 cm³/mol. The number of carbonyl (C=O) groups excluding carboxylic acids is 1.